The first-order valence-corrected chi connectivity index (χ1v) is 6.87. The van der Waals surface area contributed by atoms with Crippen molar-refractivity contribution >= 4 is 0 Å². The first-order chi connectivity index (χ1) is 9.74. The molecule has 0 saturated carbocycles. The molecule has 1 heterocycles. The second-order valence-electron chi connectivity index (χ2n) is 4.59. The van der Waals surface area contributed by atoms with E-state index in [0.717, 1.165) is 29.9 Å². The molecule has 20 heavy (non-hydrogen) atoms. The van der Waals surface area contributed by atoms with Crippen LogP contribution in [0, 0.1) is 11.3 Å². The highest BCUT2D eigenvalue weighted by Gasteiger charge is 2.18. The lowest BCUT2D eigenvalue weighted by Crippen LogP contribution is -2.17. The zero-order chi connectivity index (χ0) is 14.5. The van der Waals surface area contributed by atoms with Crippen LogP contribution in [0.25, 0.3) is 5.69 Å². The smallest absolute Gasteiger partial charge is 0.103 e. The molecule has 0 fully saturated rings. The zero-order valence-electron chi connectivity index (χ0n) is 12.1. The Labute approximate surface area is 119 Å². The van der Waals surface area contributed by atoms with Crippen LogP contribution in [0.2, 0.25) is 0 Å². The molecule has 0 radical (unpaired) electrons. The third-order valence-corrected chi connectivity index (χ3v) is 3.46. The van der Waals surface area contributed by atoms with Crippen LogP contribution in [-0.2, 0) is 6.42 Å². The minimum Gasteiger partial charge on any atom is -0.312 e. The van der Waals surface area contributed by atoms with E-state index >= 15 is 0 Å². The minimum absolute atomic E-state index is 0.220. The highest BCUT2D eigenvalue weighted by atomic mass is 15.4. The molecule has 5 heteroatoms. The quantitative estimate of drug-likeness (QED) is 0.905. The maximum Gasteiger partial charge on any atom is 0.103 e. The van der Waals surface area contributed by atoms with Crippen LogP contribution in [0.15, 0.2) is 24.3 Å². The predicted molar refractivity (Wildman–Crippen MR) is 77.5 cm³/mol. The molecule has 1 aromatic carbocycles. The Morgan fingerprint density at radius 2 is 2.00 bits per heavy atom. The molecule has 104 valence electrons. The number of hydrogen-bond acceptors (Lipinski definition) is 4. The highest BCUT2D eigenvalue weighted by molar-refractivity contribution is 5.40. The normalized spacial score (nSPS) is 12.1. The number of rotatable bonds is 5. The van der Waals surface area contributed by atoms with Gasteiger partial charge in [0.15, 0.2) is 0 Å². The van der Waals surface area contributed by atoms with E-state index in [4.69, 9.17) is 5.26 Å². The van der Waals surface area contributed by atoms with Crippen LogP contribution < -0.4 is 5.32 Å². The Morgan fingerprint density at radius 1 is 1.30 bits per heavy atom. The number of nitriles is 1. The van der Waals surface area contributed by atoms with Gasteiger partial charge in [0, 0.05) is 0 Å². The lowest BCUT2D eigenvalue weighted by Gasteiger charge is -2.13. The van der Waals surface area contributed by atoms with E-state index in [1.165, 1.54) is 0 Å². The maximum absolute atomic E-state index is 8.85. The molecule has 1 aromatic heterocycles. The average Bonchev–Trinajstić information content (AvgIpc) is 2.92. The van der Waals surface area contributed by atoms with Gasteiger partial charge >= 0.3 is 0 Å². The van der Waals surface area contributed by atoms with E-state index in [1.807, 2.05) is 23.9 Å². The molecule has 1 N–H and O–H groups in total. The third kappa shape index (κ3) is 2.56. The Hall–Kier alpha value is -2.19. The molecule has 5 nitrogen and oxygen atoms in total. The molecule has 0 aliphatic rings. The molecule has 1 atom stereocenters. The van der Waals surface area contributed by atoms with Gasteiger partial charge in [-0.05, 0) is 44.2 Å². The van der Waals surface area contributed by atoms with Crippen LogP contribution in [0.4, 0.5) is 0 Å². The van der Waals surface area contributed by atoms with Gasteiger partial charge in [-0.3, -0.25) is 0 Å². The van der Waals surface area contributed by atoms with Gasteiger partial charge in [0.1, 0.15) is 5.69 Å². The Kier molecular flexibility index (Phi) is 4.49. The summed E-state index contributed by atoms with van der Waals surface area (Å²) in [4.78, 5) is 0. The van der Waals surface area contributed by atoms with E-state index in [-0.39, 0.29) is 6.04 Å². The summed E-state index contributed by atoms with van der Waals surface area (Å²) in [5.74, 6) is 0. The van der Waals surface area contributed by atoms with Crippen LogP contribution >= 0.6 is 0 Å². The van der Waals surface area contributed by atoms with Gasteiger partial charge in [-0.15, -0.1) is 5.10 Å². The molecule has 0 aliphatic heterocycles. The molecule has 0 bridgehead atoms. The van der Waals surface area contributed by atoms with Gasteiger partial charge < -0.3 is 5.32 Å². The standard InChI is InChI=1S/C15H19N5/c1-4-13(17-3)15-14(5-2)20(19-18-15)12-8-6-11(10-16)7-9-12/h6-9,13,17H,4-5H2,1-3H3. The van der Waals surface area contributed by atoms with Crippen molar-refractivity contribution in [2.45, 2.75) is 32.7 Å². The van der Waals surface area contributed by atoms with E-state index in [9.17, 15) is 0 Å². The van der Waals surface area contributed by atoms with Gasteiger partial charge in [-0.2, -0.15) is 5.26 Å². The fourth-order valence-corrected chi connectivity index (χ4v) is 2.33. The molecule has 0 amide bonds. The summed E-state index contributed by atoms with van der Waals surface area (Å²) in [6.07, 6.45) is 1.83. The topological polar surface area (TPSA) is 66.5 Å². The molecule has 1 unspecified atom stereocenters. The van der Waals surface area contributed by atoms with Crippen molar-refractivity contribution in [1.29, 1.82) is 5.26 Å². The molecule has 0 aliphatic carbocycles. The van der Waals surface area contributed by atoms with E-state index in [1.54, 1.807) is 12.1 Å². The lowest BCUT2D eigenvalue weighted by molar-refractivity contribution is 0.555. The van der Waals surface area contributed by atoms with Gasteiger partial charge in [0.05, 0.1) is 29.1 Å². The zero-order valence-corrected chi connectivity index (χ0v) is 12.1. The monoisotopic (exact) mass is 269 g/mol. The van der Waals surface area contributed by atoms with Crippen molar-refractivity contribution in [2.75, 3.05) is 7.05 Å². The largest absolute Gasteiger partial charge is 0.312 e. The number of hydrogen-bond donors (Lipinski definition) is 1. The third-order valence-electron chi connectivity index (χ3n) is 3.46. The highest BCUT2D eigenvalue weighted by Crippen LogP contribution is 2.21. The molecule has 0 saturated heterocycles. The Balaban J connectivity index is 2.44. The summed E-state index contributed by atoms with van der Waals surface area (Å²) in [5, 5.41) is 20.7. The number of nitrogens with zero attached hydrogens (tertiary/aromatic N) is 4. The Bertz CT molecular complexity index is 602. The number of benzene rings is 1. The first kappa shape index (κ1) is 14.2. The van der Waals surface area contributed by atoms with Crippen molar-refractivity contribution in [2.24, 2.45) is 0 Å². The van der Waals surface area contributed by atoms with Crippen molar-refractivity contribution < 1.29 is 0 Å². The van der Waals surface area contributed by atoms with E-state index in [2.05, 4.69) is 35.5 Å². The van der Waals surface area contributed by atoms with Gasteiger partial charge in [0.25, 0.3) is 0 Å². The van der Waals surface area contributed by atoms with Crippen molar-refractivity contribution in [1.82, 2.24) is 20.3 Å². The minimum atomic E-state index is 0.220. The van der Waals surface area contributed by atoms with Crippen LogP contribution in [0.5, 0.6) is 0 Å². The number of aromatic nitrogens is 3. The van der Waals surface area contributed by atoms with Gasteiger partial charge in [-0.25, -0.2) is 4.68 Å². The van der Waals surface area contributed by atoms with Crippen molar-refractivity contribution in [3.63, 3.8) is 0 Å². The summed E-state index contributed by atoms with van der Waals surface area (Å²) in [7, 11) is 1.94. The van der Waals surface area contributed by atoms with Gasteiger partial charge in [-0.1, -0.05) is 19.1 Å². The molecular formula is C15H19N5. The van der Waals surface area contributed by atoms with Gasteiger partial charge in [0.2, 0.25) is 0 Å². The fraction of sp³-hybridized carbons (Fsp3) is 0.400. The molecular weight excluding hydrogens is 250 g/mol. The molecule has 2 rings (SSSR count). The summed E-state index contributed by atoms with van der Waals surface area (Å²) in [6, 6.07) is 9.73. The summed E-state index contributed by atoms with van der Waals surface area (Å²) in [5.41, 5.74) is 3.69. The van der Waals surface area contributed by atoms with E-state index < -0.39 is 0 Å². The summed E-state index contributed by atoms with van der Waals surface area (Å²) < 4.78 is 1.86. The SMILES string of the molecule is CCc1c(C(CC)NC)nnn1-c1ccc(C#N)cc1. The number of nitrogens with one attached hydrogen (secondary N) is 1. The van der Waals surface area contributed by atoms with Crippen molar-refractivity contribution in [3.05, 3.63) is 41.2 Å². The second kappa shape index (κ2) is 6.31. The maximum atomic E-state index is 8.85. The van der Waals surface area contributed by atoms with Crippen LogP contribution in [0.3, 0.4) is 0 Å². The van der Waals surface area contributed by atoms with E-state index in [0.29, 0.717) is 5.56 Å². The first-order valence-electron chi connectivity index (χ1n) is 6.87. The molecule has 2 aromatic rings. The summed E-state index contributed by atoms with van der Waals surface area (Å²) >= 11 is 0. The van der Waals surface area contributed by atoms with Crippen LogP contribution in [-0.4, -0.2) is 22.0 Å². The van der Waals surface area contributed by atoms with Crippen molar-refractivity contribution in [3.8, 4) is 11.8 Å². The molecule has 0 spiro atoms. The Morgan fingerprint density at radius 3 is 2.50 bits per heavy atom. The predicted octanol–water partition coefficient (Wildman–Crippen LogP) is 2.37. The van der Waals surface area contributed by atoms with Crippen LogP contribution in [0.1, 0.15) is 43.3 Å². The fourth-order valence-electron chi connectivity index (χ4n) is 2.33. The summed E-state index contributed by atoms with van der Waals surface area (Å²) in [6.45, 7) is 4.23. The average molecular weight is 269 g/mol. The second-order valence-corrected chi connectivity index (χ2v) is 4.59. The lowest BCUT2D eigenvalue weighted by atomic mass is 10.1.